The second-order valence-electron chi connectivity index (χ2n) is 6.43. The van der Waals surface area contributed by atoms with Crippen LogP contribution in [-0.4, -0.2) is 28.2 Å². The Bertz CT molecular complexity index is 563. The highest BCUT2D eigenvalue weighted by atomic mass is 35.5. The Morgan fingerprint density at radius 2 is 2.05 bits per heavy atom. The molecule has 2 amide bonds. The summed E-state index contributed by atoms with van der Waals surface area (Å²) in [6, 6.07) is 3.25. The zero-order chi connectivity index (χ0) is 15.1. The number of hydrogen-bond acceptors (Lipinski definition) is 3. The summed E-state index contributed by atoms with van der Waals surface area (Å²) in [5, 5.41) is 0.278. The van der Waals surface area contributed by atoms with Gasteiger partial charge >= 0.3 is 0 Å². The molecule has 108 valence electrons. The van der Waals surface area contributed by atoms with E-state index in [0.29, 0.717) is 18.5 Å². The van der Waals surface area contributed by atoms with Gasteiger partial charge in [-0.2, -0.15) is 0 Å². The third kappa shape index (κ3) is 3.01. The van der Waals surface area contributed by atoms with Gasteiger partial charge in [-0.15, -0.1) is 0 Å². The van der Waals surface area contributed by atoms with E-state index in [0.717, 1.165) is 5.69 Å². The molecule has 0 N–H and O–H groups in total. The summed E-state index contributed by atoms with van der Waals surface area (Å²) in [5.74, 6) is -0.187. The highest BCUT2D eigenvalue weighted by Gasteiger charge is 2.32. The summed E-state index contributed by atoms with van der Waals surface area (Å²) in [4.78, 5) is 29.8. The smallest absolute Gasteiger partial charge is 0.260 e. The Labute approximate surface area is 124 Å². The fourth-order valence-electron chi connectivity index (χ4n) is 2.24. The van der Waals surface area contributed by atoms with E-state index in [-0.39, 0.29) is 28.3 Å². The number of carbonyl (C=O) groups excluding carboxylic acids is 2. The number of pyridine rings is 1. The van der Waals surface area contributed by atoms with E-state index in [9.17, 15) is 9.59 Å². The molecule has 1 fully saturated rings. The molecule has 0 radical (unpaired) electrons. The number of hydrogen-bond donors (Lipinski definition) is 0. The average Bonchev–Trinajstić information content (AvgIpc) is 2.65. The molecule has 20 heavy (non-hydrogen) atoms. The lowest BCUT2D eigenvalue weighted by molar-refractivity contribution is -0.125. The number of likely N-dealkylation sites (tertiary alicyclic amines) is 1. The third-order valence-corrected chi connectivity index (χ3v) is 3.57. The van der Waals surface area contributed by atoms with Crippen molar-refractivity contribution in [3.05, 3.63) is 28.5 Å². The maximum absolute atomic E-state index is 12.5. The van der Waals surface area contributed by atoms with Crippen LogP contribution in [0.1, 0.15) is 50.2 Å². The van der Waals surface area contributed by atoms with Gasteiger partial charge in [0.05, 0.1) is 0 Å². The van der Waals surface area contributed by atoms with E-state index in [1.54, 1.807) is 6.07 Å². The molecule has 5 heteroatoms. The second kappa shape index (κ2) is 5.17. The van der Waals surface area contributed by atoms with E-state index < -0.39 is 0 Å². The lowest BCUT2D eigenvalue weighted by atomic mass is 9.91. The van der Waals surface area contributed by atoms with Crippen molar-refractivity contribution in [1.29, 1.82) is 0 Å². The number of aromatic nitrogens is 1. The lowest BCUT2D eigenvalue weighted by Crippen LogP contribution is -2.32. The van der Waals surface area contributed by atoms with E-state index in [1.165, 1.54) is 11.0 Å². The zero-order valence-electron chi connectivity index (χ0n) is 12.2. The van der Waals surface area contributed by atoms with Crippen molar-refractivity contribution in [3.8, 4) is 0 Å². The van der Waals surface area contributed by atoms with E-state index in [2.05, 4.69) is 4.98 Å². The molecule has 0 spiro atoms. The largest absolute Gasteiger partial charge is 0.278 e. The summed E-state index contributed by atoms with van der Waals surface area (Å²) >= 11 is 6.01. The van der Waals surface area contributed by atoms with Crippen LogP contribution in [0.4, 0.5) is 0 Å². The molecule has 1 aliphatic heterocycles. The van der Waals surface area contributed by atoms with Crippen LogP contribution in [0.25, 0.3) is 0 Å². The Morgan fingerprint density at radius 3 is 2.55 bits per heavy atom. The molecule has 1 unspecified atom stereocenters. The predicted octanol–water partition coefficient (Wildman–Crippen LogP) is 3.04. The molecule has 4 nitrogen and oxygen atoms in total. The molecule has 2 heterocycles. The quantitative estimate of drug-likeness (QED) is 0.591. The summed E-state index contributed by atoms with van der Waals surface area (Å²) in [5.41, 5.74) is 0.966. The van der Waals surface area contributed by atoms with Crippen LogP contribution in [0.5, 0.6) is 0 Å². The summed E-state index contributed by atoms with van der Waals surface area (Å²) < 4.78 is 0. The van der Waals surface area contributed by atoms with Crippen LogP contribution < -0.4 is 0 Å². The molecule has 0 bridgehead atoms. The molecule has 1 aromatic heterocycles. The molecule has 0 aromatic carbocycles. The molecule has 0 saturated carbocycles. The van der Waals surface area contributed by atoms with Gasteiger partial charge in [0.1, 0.15) is 5.15 Å². The van der Waals surface area contributed by atoms with Gasteiger partial charge in [0, 0.05) is 29.6 Å². The molecule has 1 aliphatic rings. The minimum atomic E-state index is -0.283. The van der Waals surface area contributed by atoms with Gasteiger partial charge in [0.15, 0.2) is 0 Å². The minimum Gasteiger partial charge on any atom is -0.278 e. The van der Waals surface area contributed by atoms with Crippen LogP contribution in [0, 0.1) is 5.92 Å². The number of carbonyl (C=O) groups is 2. The highest BCUT2D eigenvalue weighted by molar-refractivity contribution is 6.29. The molecule has 1 saturated heterocycles. The number of imide groups is 1. The van der Waals surface area contributed by atoms with Crippen molar-refractivity contribution in [2.24, 2.45) is 5.92 Å². The Balaban J connectivity index is 2.36. The second-order valence-corrected chi connectivity index (χ2v) is 6.82. The highest BCUT2D eigenvalue weighted by Crippen LogP contribution is 2.25. The molecule has 0 aliphatic carbocycles. The van der Waals surface area contributed by atoms with Crippen LogP contribution in [0.3, 0.4) is 0 Å². The van der Waals surface area contributed by atoms with Crippen molar-refractivity contribution in [1.82, 2.24) is 9.88 Å². The Kier molecular flexibility index (Phi) is 3.87. The monoisotopic (exact) mass is 294 g/mol. The first-order valence-electron chi connectivity index (χ1n) is 6.71. The molecule has 1 atom stereocenters. The van der Waals surface area contributed by atoms with Crippen LogP contribution in [0.2, 0.25) is 5.15 Å². The number of halogens is 1. The van der Waals surface area contributed by atoms with Gasteiger partial charge in [-0.25, -0.2) is 4.98 Å². The van der Waals surface area contributed by atoms with Crippen LogP contribution >= 0.6 is 11.6 Å². The number of rotatable bonds is 1. The van der Waals surface area contributed by atoms with Gasteiger partial charge < -0.3 is 0 Å². The first-order chi connectivity index (χ1) is 9.18. The zero-order valence-corrected chi connectivity index (χ0v) is 13.0. The van der Waals surface area contributed by atoms with E-state index >= 15 is 0 Å². The maximum atomic E-state index is 12.5. The standard InChI is InChI=1S/C15H19ClN2O2/c1-9-5-13(19)18(8-9)14(20)10-6-11(15(2,3)4)17-12(16)7-10/h6-7,9H,5,8H2,1-4H3. The number of nitrogens with zero attached hydrogens (tertiary/aromatic N) is 2. The van der Waals surface area contributed by atoms with Crippen molar-refractivity contribution < 1.29 is 9.59 Å². The number of amides is 2. The summed E-state index contributed by atoms with van der Waals surface area (Å²) in [6.45, 7) is 8.45. The molecular weight excluding hydrogens is 276 g/mol. The van der Waals surface area contributed by atoms with Crippen LogP contribution in [0.15, 0.2) is 12.1 Å². The average molecular weight is 295 g/mol. The van der Waals surface area contributed by atoms with Gasteiger partial charge in [0.2, 0.25) is 5.91 Å². The maximum Gasteiger partial charge on any atom is 0.260 e. The van der Waals surface area contributed by atoms with Crippen molar-refractivity contribution in [2.75, 3.05) is 6.54 Å². The summed E-state index contributed by atoms with van der Waals surface area (Å²) in [7, 11) is 0. The van der Waals surface area contributed by atoms with Gasteiger partial charge in [-0.1, -0.05) is 39.3 Å². The Morgan fingerprint density at radius 1 is 1.40 bits per heavy atom. The first-order valence-corrected chi connectivity index (χ1v) is 7.09. The van der Waals surface area contributed by atoms with E-state index in [4.69, 9.17) is 11.6 Å². The fourth-order valence-corrected chi connectivity index (χ4v) is 2.45. The fraction of sp³-hybridized carbons (Fsp3) is 0.533. The van der Waals surface area contributed by atoms with Gasteiger partial charge in [-0.3, -0.25) is 14.5 Å². The normalized spacial score (nSPS) is 19.6. The SMILES string of the molecule is CC1CC(=O)N(C(=O)c2cc(Cl)nc(C(C)(C)C)c2)C1. The Hall–Kier alpha value is -1.42. The topological polar surface area (TPSA) is 50.3 Å². The minimum absolute atomic E-state index is 0.118. The molecule has 1 aromatic rings. The summed E-state index contributed by atoms with van der Waals surface area (Å²) in [6.07, 6.45) is 0.427. The molecule has 2 rings (SSSR count). The predicted molar refractivity (Wildman–Crippen MR) is 77.8 cm³/mol. The third-order valence-electron chi connectivity index (χ3n) is 3.37. The first kappa shape index (κ1) is 15.0. The van der Waals surface area contributed by atoms with Crippen molar-refractivity contribution >= 4 is 23.4 Å². The lowest BCUT2D eigenvalue weighted by Gasteiger charge is -2.20. The van der Waals surface area contributed by atoms with Gasteiger partial charge in [-0.05, 0) is 18.1 Å². The van der Waals surface area contributed by atoms with Crippen LogP contribution in [-0.2, 0) is 10.2 Å². The van der Waals surface area contributed by atoms with E-state index in [1.807, 2.05) is 27.7 Å². The molecular formula is C15H19ClN2O2. The van der Waals surface area contributed by atoms with Crippen molar-refractivity contribution in [3.63, 3.8) is 0 Å². The van der Waals surface area contributed by atoms with Crippen molar-refractivity contribution in [2.45, 2.75) is 39.5 Å². The van der Waals surface area contributed by atoms with Gasteiger partial charge in [0.25, 0.3) is 5.91 Å².